The van der Waals surface area contributed by atoms with Crippen LogP contribution in [0.1, 0.15) is 69.6 Å². The molecule has 102 valence electrons. The predicted molar refractivity (Wildman–Crippen MR) is 75.7 cm³/mol. The smallest absolute Gasteiger partial charge is 0.106 e. The summed E-state index contributed by atoms with van der Waals surface area (Å²) in [6.45, 7) is 6.63. The van der Waals surface area contributed by atoms with Crippen molar-refractivity contribution in [3.05, 3.63) is 17.7 Å². The topological polar surface area (TPSA) is 29.9 Å². The highest BCUT2D eigenvalue weighted by atomic mass is 15.1. The van der Waals surface area contributed by atoms with Crippen LogP contribution in [0.4, 0.5) is 0 Å². The highest BCUT2D eigenvalue weighted by molar-refractivity contribution is 5.09. The second-order valence-electron chi connectivity index (χ2n) is 5.73. The molecular formula is C15H27N3. The molecule has 3 nitrogen and oxygen atoms in total. The van der Waals surface area contributed by atoms with E-state index in [-0.39, 0.29) is 0 Å². The molecule has 18 heavy (non-hydrogen) atoms. The highest BCUT2D eigenvalue weighted by Crippen LogP contribution is 2.35. The standard InChI is InChI=1S/C15H27N3/c1-5-13-7-6-8-14(9-13)18-10-15(11(2)16-4)17-12(18)3/h10-11,13-14,16H,5-9H2,1-4H3. The van der Waals surface area contributed by atoms with E-state index in [4.69, 9.17) is 4.98 Å². The zero-order valence-corrected chi connectivity index (χ0v) is 12.2. The molecule has 1 fully saturated rings. The van der Waals surface area contributed by atoms with E-state index in [1.807, 2.05) is 7.05 Å². The lowest BCUT2D eigenvalue weighted by Gasteiger charge is -2.30. The van der Waals surface area contributed by atoms with Gasteiger partial charge in [0.15, 0.2) is 0 Å². The number of nitrogens with zero attached hydrogens (tertiary/aromatic N) is 2. The van der Waals surface area contributed by atoms with E-state index in [2.05, 4.69) is 36.9 Å². The van der Waals surface area contributed by atoms with Crippen LogP contribution in [0.25, 0.3) is 0 Å². The third-order valence-corrected chi connectivity index (χ3v) is 4.54. The quantitative estimate of drug-likeness (QED) is 0.883. The molecular weight excluding hydrogens is 222 g/mol. The van der Waals surface area contributed by atoms with Gasteiger partial charge in [0.05, 0.1) is 5.69 Å². The van der Waals surface area contributed by atoms with Gasteiger partial charge in [-0.25, -0.2) is 4.98 Å². The van der Waals surface area contributed by atoms with E-state index < -0.39 is 0 Å². The summed E-state index contributed by atoms with van der Waals surface area (Å²) in [6.07, 6.45) is 9.03. The minimum absolute atomic E-state index is 0.343. The van der Waals surface area contributed by atoms with Gasteiger partial charge in [-0.3, -0.25) is 0 Å². The van der Waals surface area contributed by atoms with Crippen molar-refractivity contribution in [1.29, 1.82) is 0 Å². The summed E-state index contributed by atoms with van der Waals surface area (Å²) in [7, 11) is 1.99. The highest BCUT2D eigenvalue weighted by Gasteiger charge is 2.24. The Kier molecular flexibility index (Phi) is 4.44. The number of nitrogens with one attached hydrogen (secondary N) is 1. The Labute approximate surface area is 111 Å². The van der Waals surface area contributed by atoms with Crippen molar-refractivity contribution in [2.45, 2.75) is 65.0 Å². The molecule has 0 amide bonds. The van der Waals surface area contributed by atoms with Crippen LogP contribution in [-0.2, 0) is 0 Å². The van der Waals surface area contributed by atoms with E-state index in [0.717, 1.165) is 5.92 Å². The summed E-state index contributed by atoms with van der Waals surface area (Å²) in [4.78, 5) is 4.71. The predicted octanol–water partition coefficient (Wildman–Crippen LogP) is 3.61. The normalized spacial score (nSPS) is 26.2. The second kappa shape index (κ2) is 5.87. The van der Waals surface area contributed by atoms with Crippen LogP contribution in [0.15, 0.2) is 6.20 Å². The van der Waals surface area contributed by atoms with E-state index in [1.165, 1.54) is 43.6 Å². The van der Waals surface area contributed by atoms with Gasteiger partial charge in [-0.2, -0.15) is 0 Å². The van der Waals surface area contributed by atoms with Gasteiger partial charge in [0.25, 0.3) is 0 Å². The van der Waals surface area contributed by atoms with Gasteiger partial charge in [0, 0.05) is 18.3 Å². The van der Waals surface area contributed by atoms with E-state index in [1.54, 1.807) is 0 Å². The van der Waals surface area contributed by atoms with Crippen LogP contribution in [0.3, 0.4) is 0 Å². The van der Waals surface area contributed by atoms with Crippen molar-refractivity contribution in [1.82, 2.24) is 14.9 Å². The molecule has 1 N–H and O–H groups in total. The molecule has 0 bridgehead atoms. The summed E-state index contributed by atoms with van der Waals surface area (Å²) in [5, 5.41) is 3.27. The molecule has 2 rings (SSSR count). The summed E-state index contributed by atoms with van der Waals surface area (Å²) >= 11 is 0. The maximum absolute atomic E-state index is 4.71. The monoisotopic (exact) mass is 249 g/mol. The second-order valence-corrected chi connectivity index (χ2v) is 5.73. The molecule has 1 saturated carbocycles. The van der Waals surface area contributed by atoms with Gasteiger partial charge < -0.3 is 9.88 Å². The first kappa shape index (κ1) is 13.6. The van der Waals surface area contributed by atoms with Crippen molar-refractivity contribution in [3.63, 3.8) is 0 Å². The number of hydrogen-bond donors (Lipinski definition) is 1. The molecule has 0 saturated heterocycles. The molecule has 0 radical (unpaired) electrons. The average Bonchev–Trinajstić information content (AvgIpc) is 2.80. The lowest BCUT2D eigenvalue weighted by Crippen LogP contribution is -2.19. The third-order valence-electron chi connectivity index (χ3n) is 4.54. The van der Waals surface area contributed by atoms with Crippen LogP contribution in [-0.4, -0.2) is 16.6 Å². The summed E-state index contributed by atoms with van der Waals surface area (Å²) in [5.74, 6) is 2.09. The van der Waals surface area contributed by atoms with Crippen molar-refractivity contribution in [3.8, 4) is 0 Å². The first-order chi connectivity index (χ1) is 8.65. The number of aryl methyl sites for hydroxylation is 1. The van der Waals surface area contributed by atoms with Gasteiger partial charge in [0.1, 0.15) is 5.82 Å². The molecule has 0 aromatic carbocycles. The molecule has 3 atom stereocenters. The largest absolute Gasteiger partial charge is 0.332 e. The Morgan fingerprint density at radius 2 is 2.28 bits per heavy atom. The third kappa shape index (κ3) is 2.77. The maximum Gasteiger partial charge on any atom is 0.106 e. The van der Waals surface area contributed by atoms with E-state index in [9.17, 15) is 0 Å². The molecule has 3 heteroatoms. The lowest BCUT2D eigenvalue weighted by molar-refractivity contribution is 0.258. The molecule has 3 unspecified atom stereocenters. The summed E-state index contributed by atoms with van der Waals surface area (Å²) in [5.41, 5.74) is 1.17. The molecule has 0 spiro atoms. The lowest BCUT2D eigenvalue weighted by atomic mass is 9.84. The van der Waals surface area contributed by atoms with Gasteiger partial charge in [-0.15, -0.1) is 0 Å². The number of aromatic nitrogens is 2. The number of hydrogen-bond acceptors (Lipinski definition) is 2. The van der Waals surface area contributed by atoms with Crippen LogP contribution in [0, 0.1) is 12.8 Å². The maximum atomic E-state index is 4.71. The fourth-order valence-electron chi connectivity index (χ4n) is 3.12. The zero-order valence-electron chi connectivity index (χ0n) is 12.2. The Morgan fingerprint density at radius 1 is 1.50 bits per heavy atom. The van der Waals surface area contributed by atoms with Crippen molar-refractivity contribution in [2.24, 2.45) is 5.92 Å². The van der Waals surface area contributed by atoms with Crippen molar-refractivity contribution in [2.75, 3.05) is 7.05 Å². The van der Waals surface area contributed by atoms with Crippen molar-refractivity contribution < 1.29 is 0 Å². The Bertz CT molecular complexity index is 383. The van der Waals surface area contributed by atoms with E-state index >= 15 is 0 Å². The molecule has 1 aromatic rings. The summed E-state index contributed by atoms with van der Waals surface area (Å²) < 4.78 is 2.42. The fourth-order valence-corrected chi connectivity index (χ4v) is 3.12. The first-order valence-electron chi connectivity index (χ1n) is 7.38. The fraction of sp³-hybridized carbons (Fsp3) is 0.800. The van der Waals surface area contributed by atoms with Crippen LogP contribution in [0.5, 0.6) is 0 Å². The van der Waals surface area contributed by atoms with Crippen LogP contribution >= 0.6 is 0 Å². The molecule has 1 aliphatic rings. The minimum Gasteiger partial charge on any atom is -0.332 e. The van der Waals surface area contributed by atoms with Crippen LogP contribution in [0.2, 0.25) is 0 Å². The minimum atomic E-state index is 0.343. The Hall–Kier alpha value is -0.830. The van der Waals surface area contributed by atoms with Gasteiger partial charge in [0.2, 0.25) is 0 Å². The average molecular weight is 249 g/mol. The van der Waals surface area contributed by atoms with Gasteiger partial charge in [-0.05, 0) is 39.7 Å². The first-order valence-corrected chi connectivity index (χ1v) is 7.38. The van der Waals surface area contributed by atoms with Crippen LogP contribution < -0.4 is 5.32 Å². The SMILES string of the molecule is CCC1CCCC(n2cc(C(C)NC)nc2C)C1. The zero-order chi connectivity index (χ0) is 13.1. The molecule has 1 aliphatic carbocycles. The number of rotatable bonds is 4. The van der Waals surface area contributed by atoms with Crippen molar-refractivity contribution >= 4 is 0 Å². The van der Waals surface area contributed by atoms with E-state index in [0.29, 0.717) is 12.1 Å². The molecule has 1 aromatic heterocycles. The summed E-state index contributed by atoms with van der Waals surface area (Å²) in [6, 6.07) is 1.02. The molecule has 0 aliphatic heterocycles. The van der Waals surface area contributed by atoms with Gasteiger partial charge in [-0.1, -0.05) is 26.2 Å². The Balaban J connectivity index is 2.14. The Morgan fingerprint density at radius 3 is 2.94 bits per heavy atom. The molecule has 1 heterocycles. The number of imidazole rings is 1. The van der Waals surface area contributed by atoms with Gasteiger partial charge >= 0.3 is 0 Å².